The fourth-order valence-corrected chi connectivity index (χ4v) is 3.92. The number of anilines is 1. The third-order valence-electron chi connectivity index (χ3n) is 3.05. The van der Waals surface area contributed by atoms with E-state index in [-0.39, 0.29) is 5.75 Å². The molecule has 0 atom stereocenters. The summed E-state index contributed by atoms with van der Waals surface area (Å²) in [4.78, 5) is 0. The first-order valence-corrected chi connectivity index (χ1v) is 8.70. The maximum absolute atomic E-state index is 12.3. The van der Waals surface area contributed by atoms with Gasteiger partial charge in [0.15, 0.2) is 0 Å². The molecule has 112 valence electrons. The highest BCUT2D eigenvalue weighted by Gasteiger charge is 2.17. The Kier molecular flexibility index (Phi) is 4.81. The van der Waals surface area contributed by atoms with Crippen molar-refractivity contribution in [2.24, 2.45) is 0 Å². The molecule has 1 N–H and O–H groups in total. The SMILES string of the molecule is Cc1ccc(C)c(NS(=O)(=O)Cc2c(Cl)cccc2Cl)c1. The Morgan fingerprint density at radius 3 is 2.29 bits per heavy atom. The van der Waals surface area contributed by atoms with Crippen LogP contribution in [0.25, 0.3) is 0 Å². The van der Waals surface area contributed by atoms with Gasteiger partial charge < -0.3 is 0 Å². The van der Waals surface area contributed by atoms with E-state index in [2.05, 4.69) is 4.72 Å². The van der Waals surface area contributed by atoms with E-state index < -0.39 is 10.0 Å². The third-order valence-corrected chi connectivity index (χ3v) is 4.96. The van der Waals surface area contributed by atoms with Crippen molar-refractivity contribution < 1.29 is 8.42 Å². The first-order valence-electron chi connectivity index (χ1n) is 6.29. The van der Waals surface area contributed by atoms with Gasteiger partial charge in [-0.15, -0.1) is 0 Å². The molecular weight excluding hydrogens is 329 g/mol. The van der Waals surface area contributed by atoms with Crippen molar-refractivity contribution in [3.8, 4) is 0 Å². The van der Waals surface area contributed by atoms with Crippen molar-refractivity contribution in [2.75, 3.05) is 4.72 Å². The molecule has 2 rings (SSSR count). The van der Waals surface area contributed by atoms with E-state index in [4.69, 9.17) is 23.2 Å². The smallest absolute Gasteiger partial charge is 0.237 e. The van der Waals surface area contributed by atoms with Gasteiger partial charge in [-0.05, 0) is 43.2 Å². The first kappa shape index (κ1) is 16.1. The third kappa shape index (κ3) is 4.13. The lowest BCUT2D eigenvalue weighted by molar-refractivity contribution is 0.600. The number of aryl methyl sites for hydroxylation is 2. The molecule has 0 amide bonds. The molecule has 6 heteroatoms. The highest BCUT2D eigenvalue weighted by molar-refractivity contribution is 7.91. The van der Waals surface area contributed by atoms with Gasteiger partial charge in [0.2, 0.25) is 10.0 Å². The number of hydrogen-bond donors (Lipinski definition) is 1. The lowest BCUT2D eigenvalue weighted by atomic mass is 10.1. The van der Waals surface area contributed by atoms with Gasteiger partial charge in [-0.1, -0.05) is 41.4 Å². The summed E-state index contributed by atoms with van der Waals surface area (Å²) in [5.74, 6) is -0.265. The van der Waals surface area contributed by atoms with Crippen LogP contribution in [0.3, 0.4) is 0 Å². The first-order chi connectivity index (χ1) is 9.78. The van der Waals surface area contributed by atoms with E-state index in [0.29, 0.717) is 21.3 Å². The summed E-state index contributed by atoms with van der Waals surface area (Å²) in [6.45, 7) is 3.75. The van der Waals surface area contributed by atoms with Crippen molar-refractivity contribution in [1.29, 1.82) is 0 Å². The Morgan fingerprint density at radius 2 is 1.67 bits per heavy atom. The van der Waals surface area contributed by atoms with Gasteiger partial charge in [-0.25, -0.2) is 8.42 Å². The summed E-state index contributed by atoms with van der Waals surface area (Å²) in [5, 5.41) is 0.683. The summed E-state index contributed by atoms with van der Waals surface area (Å²) < 4.78 is 27.2. The molecule has 0 spiro atoms. The van der Waals surface area contributed by atoms with Crippen LogP contribution in [0.15, 0.2) is 36.4 Å². The van der Waals surface area contributed by atoms with Crippen LogP contribution in [0.2, 0.25) is 10.0 Å². The standard InChI is InChI=1S/C15H15Cl2NO2S/c1-10-6-7-11(2)15(8-10)18-21(19,20)9-12-13(16)4-3-5-14(12)17/h3-8,18H,9H2,1-2H3. The molecule has 0 fully saturated rings. The van der Waals surface area contributed by atoms with Crippen LogP contribution in [0, 0.1) is 13.8 Å². The molecule has 0 aliphatic rings. The molecule has 0 saturated carbocycles. The second-order valence-electron chi connectivity index (χ2n) is 4.88. The molecule has 0 bridgehead atoms. The van der Waals surface area contributed by atoms with E-state index >= 15 is 0 Å². The zero-order chi connectivity index (χ0) is 15.6. The maximum atomic E-state index is 12.3. The summed E-state index contributed by atoms with van der Waals surface area (Å²) >= 11 is 12.0. The molecule has 0 unspecified atom stereocenters. The van der Waals surface area contributed by atoms with Crippen molar-refractivity contribution >= 4 is 38.9 Å². The molecule has 3 nitrogen and oxygen atoms in total. The van der Waals surface area contributed by atoms with Gasteiger partial charge in [0, 0.05) is 15.6 Å². The second kappa shape index (κ2) is 6.26. The molecular formula is C15H15Cl2NO2S. The van der Waals surface area contributed by atoms with Crippen LogP contribution < -0.4 is 4.72 Å². The average molecular weight is 344 g/mol. The molecule has 2 aromatic carbocycles. The Hall–Kier alpha value is -1.23. The fraction of sp³-hybridized carbons (Fsp3) is 0.200. The topological polar surface area (TPSA) is 46.2 Å². The highest BCUT2D eigenvalue weighted by Crippen LogP contribution is 2.27. The summed E-state index contributed by atoms with van der Waals surface area (Å²) in [6, 6.07) is 10.5. The van der Waals surface area contributed by atoms with Gasteiger partial charge in [-0.2, -0.15) is 0 Å². The normalized spacial score (nSPS) is 11.4. The van der Waals surface area contributed by atoms with Crippen LogP contribution >= 0.6 is 23.2 Å². The van der Waals surface area contributed by atoms with Crippen molar-refractivity contribution in [1.82, 2.24) is 0 Å². The maximum Gasteiger partial charge on any atom is 0.237 e. The van der Waals surface area contributed by atoms with E-state index in [9.17, 15) is 8.42 Å². The summed E-state index contributed by atoms with van der Waals surface area (Å²) in [6.07, 6.45) is 0. The van der Waals surface area contributed by atoms with Crippen LogP contribution in [0.1, 0.15) is 16.7 Å². The number of benzene rings is 2. The molecule has 2 aromatic rings. The number of rotatable bonds is 4. The Balaban J connectivity index is 2.29. The number of halogens is 2. The zero-order valence-corrected chi connectivity index (χ0v) is 14.0. The highest BCUT2D eigenvalue weighted by atomic mass is 35.5. The summed E-state index contributed by atoms with van der Waals surface area (Å²) in [7, 11) is -3.59. The summed E-state index contributed by atoms with van der Waals surface area (Å²) in [5.41, 5.74) is 2.81. The Labute approximate surface area is 135 Å². The van der Waals surface area contributed by atoms with Crippen LogP contribution in [0.5, 0.6) is 0 Å². The zero-order valence-electron chi connectivity index (χ0n) is 11.7. The number of sulfonamides is 1. The Bertz CT molecular complexity index is 753. The van der Waals surface area contributed by atoms with Crippen molar-refractivity contribution in [2.45, 2.75) is 19.6 Å². The van der Waals surface area contributed by atoms with Gasteiger partial charge >= 0.3 is 0 Å². The van der Waals surface area contributed by atoms with Crippen LogP contribution in [0.4, 0.5) is 5.69 Å². The average Bonchev–Trinajstić information content (AvgIpc) is 2.38. The van der Waals surface area contributed by atoms with Gasteiger partial charge in [0.1, 0.15) is 0 Å². The van der Waals surface area contributed by atoms with Crippen molar-refractivity contribution in [3.63, 3.8) is 0 Å². The quantitative estimate of drug-likeness (QED) is 0.884. The number of nitrogens with one attached hydrogen (secondary N) is 1. The molecule has 21 heavy (non-hydrogen) atoms. The van der Waals surface area contributed by atoms with Gasteiger partial charge in [0.05, 0.1) is 11.4 Å². The molecule has 0 radical (unpaired) electrons. The van der Waals surface area contributed by atoms with Crippen LogP contribution in [-0.2, 0) is 15.8 Å². The van der Waals surface area contributed by atoms with Gasteiger partial charge in [0.25, 0.3) is 0 Å². The molecule has 0 heterocycles. The van der Waals surface area contributed by atoms with Gasteiger partial charge in [-0.3, -0.25) is 4.72 Å². The van der Waals surface area contributed by atoms with E-state index in [1.165, 1.54) is 0 Å². The predicted octanol–water partition coefficient (Wildman–Crippen LogP) is 4.55. The van der Waals surface area contributed by atoms with Crippen LogP contribution in [-0.4, -0.2) is 8.42 Å². The van der Waals surface area contributed by atoms with E-state index in [0.717, 1.165) is 11.1 Å². The fourth-order valence-electron chi connectivity index (χ4n) is 1.91. The largest absolute Gasteiger partial charge is 0.283 e. The molecule has 0 aliphatic heterocycles. The predicted molar refractivity (Wildman–Crippen MR) is 88.6 cm³/mol. The monoisotopic (exact) mass is 343 g/mol. The minimum Gasteiger partial charge on any atom is -0.283 e. The minimum absolute atomic E-state index is 0.265. The lowest BCUT2D eigenvalue weighted by Gasteiger charge is -2.13. The molecule has 0 aliphatic carbocycles. The number of hydrogen-bond acceptors (Lipinski definition) is 2. The Morgan fingerprint density at radius 1 is 1.05 bits per heavy atom. The molecule has 0 aromatic heterocycles. The second-order valence-corrected chi connectivity index (χ2v) is 7.42. The lowest BCUT2D eigenvalue weighted by Crippen LogP contribution is -2.16. The minimum atomic E-state index is -3.59. The van der Waals surface area contributed by atoms with Crippen molar-refractivity contribution in [3.05, 3.63) is 63.1 Å². The van der Waals surface area contributed by atoms with E-state index in [1.807, 2.05) is 26.0 Å². The van der Waals surface area contributed by atoms with E-state index in [1.54, 1.807) is 24.3 Å². The molecule has 0 saturated heterocycles.